The van der Waals surface area contributed by atoms with Gasteiger partial charge in [-0.2, -0.15) is 0 Å². The zero-order valence-electron chi connectivity index (χ0n) is 16.8. The molecule has 0 radical (unpaired) electrons. The number of nitrogens with one attached hydrogen (secondary N) is 1. The van der Waals surface area contributed by atoms with Crippen molar-refractivity contribution < 1.29 is 4.79 Å². The molecule has 0 spiro atoms. The molecule has 2 aliphatic heterocycles. The molecule has 2 fully saturated rings. The van der Waals surface area contributed by atoms with E-state index in [-0.39, 0.29) is 0 Å². The number of carbonyl (C=O) groups excluding carboxylic acids is 1. The number of piperidine rings is 1. The van der Waals surface area contributed by atoms with Crippen molar-refractivity contribution in [3.05, 3.63) is 29.3 Å². The molecule has 3 aliphatic rings. The second kappa shape index (κ2) is 9.23. The summed E-state index contributed by atoms with van der Waals surface area (Å²) in [6.45, 7) is 3.24. The molecule has 4 rings (SSSR count). The van der Waals surface area contributed by atoms with Crippen LogP contribution in [0.4, 0.5) is 5.69 Å². The number of amides is 1. The maximum Gasteiger partial charge on any atom is 0.226 e. The average Bonchev–Trinajstić information content (AvgIpc) is 2.73. The van der Waals surface area contributed by atoms with Crippen molar-refractivity contribution in [3.63, 3.8) is 0 Å². The molecule has 1 saturated heterocycles. The normalized spacial score (nSPS) is 23.9. The van der Waals surface area contributed by atoms with Crippen LogP contribution in [-0.2, 0) is 17.6 Å². The number of fused-ring (bicyclic) bond motifs is 1. The average molecular weight is 369 g/mol. The van der Waals surface area contributed by atoms with Crippen LogP contribution in [0.15, 0.2) is 18.2 Å². The first-order valence-electron chi connectivity index (χ1n) is 11.4. The minimum atomic E-state index is 0.353. The first kappa shape index (κ1) is 19.0. The number of nitrogens with zero attached hydrogens (tertiary/aromatic N) is 1. The number of carbonyl (C=O) groups is 1. The van der Waals surface area contributed by atoms with Crippen molar-refractivity contribution in [2.24, 2.45) is 11.8 Å². The monoisotopic (exact) mass is 368 g/mol. The summed E-state index contributed by atoms with van der Waals surface area (Å²) in [7, 11) is 0. The van der Waals surface area contributed by atoms with Gasteiger partial charge in [0, 0.05) is 18.7 Å². The third-order valence-electron chi connectivity index (χ3n) is 6.98. The summed E-state index contributed by atoms with van der Waals surface area (Å²) in [5.41, 5.74) is 4.05. The largest absolute Gasteiger partial charge is 0.316 e. The minimum Gasteiger partial charge on any atom is -0.316 e. The van der Waals surface area contributed by atoms with E-state index < -0.39 is 0 Å². The lowest BCUT2D eigenvalue weighted by atomic mass is 9.86. The predicted octanol–water partition coefficient (Wildman–Crippen LogP) is 4.87. The lowest BCUT2D eigenvalue weighted by molar-refractivity contribution is -0.119. The Morgan fingerprint density at radius 3 is 2.70 bits per heavy atom. The summed E-state index contributed by atoms with van der Waals surface area (Å²) < 4.78 is 0. The van der Waals surface area contributed by atoms with Gasteiger partial charge in [-0.3, -0.25) is 4.79 Å². The van der Waals surface area contributed by atoms with Crippen LogP contribution in [0.2, 0.25) is 0 Å². The maximum absolute atomic E-state index is 12.9. The minimum absolute atomic E-state index is 0.353. The molecule has 1 atom stereocenters. The van der Waals surface area contributed by atoms with Crippen LogP contribution >= 0.6 is 0 Å². The van der Waals surface area contributed by atoms with E-state index in [0.717, 1.165) is 50.6 Å². The highest BCUT2D eigenvalue weighted by molar-refractivity contribution is 5.94. The quantitative estimate of drug-likeness (QED) is 0.804. The predicted molar refractivity (Wildman–Crippen MR) is 112 cm³/mol. The Morgan fingerprint density at radius 2 is 1.89 bits per heavy atom. The molecule has 3 nitrogen and oxygen atoms in total. The van der Waals surface area contributed by atoms with E-state index >= 15 is 0 Å². The number of benzene rings is 1. The van der Waals surface area contributed by atoms with Gasteiger partial charge in [0.1, 0.15) is 0 Å². The zero-order chi connectivity index (χ0) is 18.5. The summed E-state index contributed by atoms with van der Waals surface area (Å²) in [4.78, 5) is 15.0. The van der Waals surface area contributed by atoms with E-state index in [9.17, 15) is 4.79 Å². The first-order valence-corrected chi connectivity index (χ1v) is 11.4. The highest BCUT2D eigenvalue weighted by Crippen LogP contribution is 2.32. The fourth-order valence-electron chi connectivity index (χ4n) is 5.41. The van der Waals surface area contributed by atoms with Gasteiger partial charge in [-0.05, 0) is 80.6 Å². The molecule has 0 bridgehead atoms. The molecule has 1 unspecified atom stereocenters. The molecule has 2 heterocycles. The van der Waals surface area contributed by atoms with E-state index in [4.69, 9.17) is 0 Å². The van der Waals surface area contributed by atoms with Crippen LogP contribution in [-0.4, -0.2) is 25.5 Å². The number of anilines is 1. The smallest absolute Gasteiger partial charge is 0.226 e. The van der Waals surface area contributed by atoms with Gasteiger partial charge in [0.2, 0.25) is 5.91 Å². The van der Waals surface area contributed by atoms with Crippen molar-refractivity contribution in [2.75, 3.05) is 24.5 Å². The summed E-state index contributed by atoms with van der Waals surface area (Å²) >= 11 is 0. The second-order valence-electron chi connectivity index (χ2n) is 9.07. The molecule has 0 aromatic heterocycles. The van der Waals surface area contributed by atoms with E-state index in [0.29, 0.717) is 5.91 Å². The molecule has 3 heteroatoms. The lowest BCUT2D eigenvalue weighted by Crippen LogP contribution is -2.35. The van der Waals surface area contributed by atoms with Crippen molar-refractivity contribution in [3.8, 4) is 0 Å². The topological polar surface area (TPSA) is 32.3 Å². The fourth-order valence-corrected chi connectivity index (χ4v) is 5.41. The molecule has 27 heavy (non-hydrogen) atoms. The maximum atomic E-state index is 12.9. The Hall–Kier alpha value is -1.35. The highest BCUT2D eigenvalue weighted by Gasteiger charge is 2.24. The van der Waals surface area contributed by atoms with Gasteiger partial charge in [0.25, 0.3) is 0 Å². The lowest BCUT2D eigenvalue weighted by Gasteiger charge is -2.31. The van der Waals surface area contributed by atoms with Gasteiger partial charge < -0.3 is 10.2 Å². The van der Waals surface area contributed by atoms with Gasteiger partial charge in [-0.15, -0.1) is 0 Å². The highest BCUT2D eigenvalue weighted by atomic mass is 16.2. The molecular weight excluding hydrogens is 332 g/mol. The number of aryl methyl sites for hydroxylation is 1. The van der Waals surface area contributed by atoms with Crippen LogP contribution in [0.25, 0.3) is 0 Å². The van der Waals surface area contributed by atoms with E-state index in [2.05, 4.69) is 28.4 Å². The molecular formula is C24H36N2O. The van der Waals surface area contributed by atoms with Crippen molar-refractivity contribution >= 4 is 11.6 Å². The summed E-state index contributed by atoms with van der Waals surface area (Å²) in [6.07, 6.45) is 14.7. The van der Waals surface area contributed by atoms with Gasteiger partial charge in [0.05, 0.1) is 0 Å². The second-order valence-corrected chi connectivity index (χ2v) is 9.07. The standard InChI is InChI=1S/C24H36N2O/c27-24(13-11-19-6-2-1-3-7-19)26-15-5-9-22-17-20(10-12-23(22)26)16-21-8-4-14-25-18-21/h10,12,17,19,21,25H,1-9,11,13-16,18H2. The molecule has 1 aromatic carbocycles. The van der Waals surface area contributed by atoms with Crippen LogP contribution in [0.3, 0.4) is 0 Å². The summed E-state index contributed by atoms with van der Waals surface area (Å²) in [6, 6.07) is 6.91. The van der Waals surface area contributed by atoms with Crippen LogP contribution in [0.1, 0.15) is 75.3 Å². The van der Waals surface area contributed by atoms with Crippen LogP contribution in [0.5, 0.6) is 0 Å². The number of rotatable bonds is 5. The number of hydrogen-bond acceptors (Lipinski definition) is 2. The van der Waals surface area contributed by atoms with Crippen LogP contribution in [0, 0.1) is 11.8 Å². The number of hydrogen-bond donors (Lipinski definition) is 1. The summed E-state index contributed by atoms with van der Waals surface area (Å²) in [5.74, 6) is 1.91. The molecule has 1 saturated carbocycles. The molecule has 1 aliphatic carbocycles. The molecule has 148 valence electrons. The third-order valence-corrected chi connectivity index (χ3v) is 6.98. The Labute approximate surface area is 164 Å². The molecule has 1 amide bonds. The SMILES string of the molecule is O=C(CCC1CCCCC1)N1CCCc2cc(CC3CCCNC3)ccc21. The Bertz CT molecular complexity index is 629. The van der Waals surface area contributed by atoms with Crippen molar-refractivity contribution in [1.29, 1.82) is 0 Å². The summed E-state index contributed by atoms with van der Waals surface area (Å²) in [5, 5.41) is 3.53. The van der Waals surface area contributed by atoms with E-state index in [1.807, 2.05) is 0 Å². The van der Waals surface area contributed by atoms with Gasteiger partial charge in [0.15, 0.2) is 0 Å². The third kappa shape index (κ3) is 4.93. The molecule has 1 aromatic rings. The van der Waals surface area contributed by atoms with Crippen LogP contribution < -0.4 is 10.2 Å². The van der Waals surface area contributed by atoms with E-state index in [1.165, 1.54) is 74.7 Å². The fraction of sp³-hybridized carbons (Fsp3) is 0.708. The molecule has 1 N–H and O–H groups in total. The van der Waals surface area contributed by atoms with Gasteiger partial charge in [-0.1, -0.05) is 44.2 Å². The van der Waals surface area contributed by atoms with Gasteiger partial charge in [-0.25, -0.2) is 0 Å². The Kier molecular flexibility index (Phi) is 6.49. The zero-order valence-corrected chi connectivity index (χ0v) is 16.8. The van der Waals surface area contributed by atoms with E-state index in [1.54, 1.807) is 0 Å². The first-order chi connectivity index (χ1) is 13.3. The van der Waals surface area contributed by atoms with Crippen molar-refractivity contribution in [2.45, 2.75) is 77.0 Å². The van der Waals surface area contributed by atoms with Crippen molar-refractivity contribution in [1.82, 2.24) is 5.32 Å². The Balaban J connectivity index is 1.37. The van der Waals surface area contributed by atoms with Gasteiger partial charge >= 0.3 is 0 Å². The Morgan fingerprint density at radius 1 is 1.04 bits per heavy atom.